The molecule has 1 N–H and O–H groups in total. The van der Waals surface area contributed by atoms with Crippen LogP contribution in [0.3, 0.4) is 0 Å². The first kappa shape index (κ1) is 14.0. The molecule has 0 atom stereocenters. The summed E-state index contributed by atoms with van der Waals surface area (Å²) in [5, 5.41) is 20.1. The van der Waals surface area contributed by atoms with Gasteiger partial charge in [-0.25, -0.2) is 4.68 Å². The third-order valence-electron chi connectivity index (χ3n) is 2.50. The summed E-state index contributed by atoms with van der Waals surface area (Å²) in [7, 11) is 1.91. The maximum Gasteiger partial charge on any atom is 0.209 e. The van der Waals surface area contributed by atoms with Crippen LogP contribution in [0.5, 0.6) is 0 Å². The van der Waals surface area contributed by atoms with E-state index in [1.807, 2.05) is 24.1 Å². The number of nitrogens with one attached hydrogen (secondary N) is 1. The standard InChI is InChI=1S/C11H19N7S/c1-9(2)12-4-5-18-11(14-15-16-18)19-8-10-6-13-17(3)7-10/h6-7,9,12H,4-5,8H2,1-3H3. The van der Waals surface area contributed by atoms with Gasteiger partial charge in [-0.3, -0.25) is 4.68 Å². The fraction of sp³-hybridized carbons (Fsp3) is 0.636. The zero-order chi connectivity index (χ0) is 13.7. The zero-order valence-corrected chi connectivity index (χ0v) is 12.3. The van der Waals surface area contributed by atoms with E-state index in [2.05, 4.69) is 39.8 Å². The van der Waals surface area contributed by atoms with Crippen LogP contribution in [-0.4, -0.2) is 42.6 Å². The van der Waals surface area contributed by atoms with Crippen LogP contribution in [0.15, 0.2) is 17.6 Å². The van der Waals surface area contributed by atoms with Crippen molar-refractivity contribution in [3.63, 3.8) is 0 Å². The van der Waals surface area contributed by atoms with Crippen LogP contribution >= 0.6 is 11.8 Å². The van der Waals surface area contributed by atoms with E-state index in [0.717, 1.165) is 24.0 Å². The fourth-order valence-corrected chi connectivity index (χ4v) is 2.41. The molecule has 0 amide bonds. The van der Waals surface area contributed by atoms with Gasteiger partial charge in [-0.05, 0) is 10.4 Å². The summed E-state index contributed by atoms with van der Waals surface area (Å²) in [6, 6.07) is 0.475. The summed E-state index contributed by atoms with van der Waals surface area (Å²) in [5.74, 6) is 0.825. The molecule has 0 unspecified atom stereocenters. The second kappa shape index (κ2) is 6.67. The molecule has 2 aromatic heterocycles. The van der Waals surface area contributed by atoms with Gasteiger partial charge in [-0.2, -0.15) is 5.10 Å². The van der Waals surface area contributed by atoms with Crippen molar-refractivity contribution in [2.24, 2.45) is 7.05 Å². The Kier molecular flexibility index (Phi) is 4.92. The molecule has 0 aliphatic heterocycles. The Morgan fingerprint density at radius 2 is 2.26 bits per heavy atom. The minimum Gasteiger partial charge on any atom is -0.313 e. The van der Waals surface area contributed by atoms with Crippen molar-refractivity contribution in [1.82, 2.24) is 35.3 Å². The smallest absolute Gasteiger partial charge is 0.209 e. The summed E-state index contributed by atoms with van der Waals surface area (Å²) in [5.41, 5.74) is 1.17. The number of hydrogen-bond acceptors (Lipinski definition) is 6. The van der Waals surface area contributed by atoms with Crippen LogP contribution in [0.2, 0.25) is 0 Å². The van der Waals surface area contributed by atoms with Gasteiger partial charge in [0.2, 0.25) is 5.16 Å². The molecule has 0 spiro atoms. The van der Waals surface area contributed by atoms with Crippen molar-refractivity contribution in [2.45, 2.75) is 37.3 Å². The Labute approximate surface area is 116 Å². The predicted octanol–water partition coefficient (Wildman–Crippen LogP) is 0.697. The number of rotatable bonds is 7. The van der Waals surface area contributed by atoms with E-state index in [1.54, 1.807) is 16.4 Å². The Bertz CT molecular complexity index is 505. The van der Waals surface area contributed by atoms with Gasteiger partial charge >= 0.3 is 0 Å². The highest BCUT2D eigenvalue weighted by Gasteiger charge is 2.07. The molecule has 8 heteroatoms. The SMILES string of the molecule is CC(C)NCCn1nnnc1SCc1cnn(C)c1. The van der Waals surface area contributed by atoms with E-state index in [4.69, 9.17) is 0 Å². The van der Waals surface area contributed by atoms with E-state index >= 15 is 0 Å². The normalized spacial score (nSPS) is 11.4. The second-order valence-corrected chi connectivity index (χ2v) is 5.55. The van der Waals surface area contributed by atoms with Gasteiger partial charge in [0.1, 0.15) is 0 Å². The molecule has 19 heavy (non-hydrogen) atoms. The minimum atomic E-state index is 0.475. The lowest BCUT2D eigenvalue weighted by atomic mass is 10.4. The second-order valence-electron chi connectivity index (χ2n) is 4.60. The van der Waals surface area contributed by atoms with E-state index in [1.165, 1.54) is 5.56 Å². The number of nitrogens with zero attached hydrogens (tertiary/aromatic N) is 6. The highest BCUT2D eigenvalue weighted by molar-refractivity contribution is 7.98. The molecule has 0 bridgehead atoms. The lowest BCUT2D eigenvalue weighted by Gasteiger charge is -2.08. The van der Waals surface area contributed by atoms with Crippen LogP contribution < -0.4 is 5.32 Å². The monoisotopic (exact) mass is 281 g/mol. The molecule has 2 heterocycles. The maximum absolute atomic E-state index is 4.14. The number of aryl methyl sites for hydroxylation is 1. The minimum absolute atomic E-state index is 0.475. The molecule has 0 aromatic carbocycles. The molecule has 2 rings (SSSR count). The summed E-state index contributed by atoms with van der Waals surface area (Å²) in [4.78, 5) is 0. The summed E-state index contributed by atoms with van der Waals surface area (Å²) < 4.78 is 3.63. The quantitative estimate of drug-likeness (QED) is 0.753. The molecule has 0 aliphatic rings. The van der Waals surface area contributed by atoms with Crippen molar-refractivity contribution in [2.75, 3.05) is 6.54 Å². The first-order valence-electron chi connectivity index (χ1n) is 6.25. The van der Waals surface area contributed by atoms with Crippen LogP contribution in [-0.2, 0) is 19.3 Å². The summed E-state index contributed by atoms with van der Waals surface area (Å²) in [6.45, 7) is 5.89. The lowest BCUT2D eigenvalue weighted by Crippen LogP contribution is -2.27. The Hall–Kier alpha value is -1.41. The molecule has 2 aromatic rings. The van der Waals surface area contributed by atoms with Crippen LogP contribution in [0, 0.1) is 0 Å². The number of tetrazole rings is 1. The molecule has 7 nitrogen and oxygen atoms in total. The number of thioether (sulfide) groups is 1. The average molecular weight is 281 g/mol. The van der Waals surface area contributed by atoms with Gasteiger partial charge in [0.25, 0.3) is 0 Å². The molecule has 0 radical (unpaired) electrons. The van der Waals surface area contributed by atoms with Gasteiger partial charge in [0, 0.05) is 37.1 Å². The van der Waals surface area contributed by atoms with Crippen molar-refractivity contribution in [3.05, 3.63) is 18.0 Å². The van der Waals surface area contributed by atoms with Crippen LogP contribution in [0.1, 0.15) is 19.4 Å². The van der Waals surface area contributed by atoms with E-state index in [-0.39, 0.29) is 0 Å². The zero-order valence-electron chi connectivity index (χ0n) is 11.4. The van der Waals surface area contributed by atoms with Crippen molar-refractivity contribution in [1.29, 1.82) is 0 Å². The summed E-state index contributed by atoms with van der Waals surface area (Å²) >= 11 is 1.62. The first-order valence-corrected chi connectivity index (χ1v) is 7.23. The third kappa shape index (κ3) is 4.32. The highest BCUT2D eigenvalue weighted by atomic mass is 32.2. The Balaban J connectivity index is 1.85. The van der Waals surface area contributed by atoms with Crippen LogP contribution in [0.25, 0.3) is 0 Å². The molecule has 104 valence electrons. The first-order chi connectivity index (χ1) is 9.15. The average Bonchev–Trinajstić information content (AvgIpc) is 2.95. The van der Waals surface area contributed by atoms with Gasteiger partial charge < -0.3 is 5.32 Å². The third-order valence-corrected chi connectivity index (χ3v) is 3.53. The van der Waals surface area contributed by atoms with Crippen molar-refractivity contribution >= 4 is 11.8 Å². The molecular formula is C11H19N7S. The number of aromatic nitrogens is 6. The van der Waals surface area contributed by atoms with Gasteiger partial charge in [0.05, 0.1) is 12.7 Å². The number of hydrogen-bond donors (Lipinski definition) is 1. The molecule has 0 saturated heterocycles. The Morgan fingerprint density at radius 3 is 2.95 bits per heavy atom. The van der Waals surface area contributed by atoms with E-state index in [0.29, 0.717) is 6.04 Å². The van der Waals surface area contributed by atoms with Gasteiger partial charge in [-0.15, -0.1) is 5.10 Å². The van der Waals surface area contributed by atoms with Gasteiger partial charge in [0.15, 0.2) is 0 Å². The molecule has 0 aliphatic carbocycles. The summed E-state index contributed by atoms with van der Waals surface area (Å²) in [6.07, 6.45) is 3.86. The lowest BCUT2D eigenvalue weighted by molar-refractivity contribution is 0.485. The van der Waals surface area contributed by atoms with Crippen LogP contribution in [0.4, 0.5) is 0 Å². The van der Waals surface area contributed by atoms with Crippen molar-refractivity contribution < 1.29 is 0 Å². The molecule has 0 fully saturated rings. The van der Waals surface area contributed by atoms with Crippen molar-refractivity contribution in [3.8, 4) is 0 Å². The van der Waals surface area contributed by atoms with E-state index < -0.39 is 0 Å². The molecular weight excluding hydrogens is 262 g/mol. The molecule has 0 saturated carbocycles. The maximum atomic E-state index is 4.14. The Morgan fingerprint density at radius 1 is 1.42 bits per heavy atom. The topological polar surface area (TPSA) is 73.5 Å². The predicted molar refractivity (Wildman–Crippen MR) is 73.7 cm³/mol. The highest BCUT2D eigenvalue weighted by Crippen LogP contribution is 2.19. The largest absolute Gasteiger partial charge is 0.313 e. The fourth-order valence-electron chi connectivity index (χ4n) is 1.59. The van der Waals surface area contributed by atoms with E-state index in [9.17, 15) is 0 Å². The van der Waals surface area contributed by atoms with Gasteiger partial charge in [-0.1, -0.05) is 25.6 Å².